The predicted octanol–water partition coefficient (Wildman–Crippen LogP) is 2.42. The molecular weight excluding hydrogens is 228 g/mol. The fourth-order valence-electron chi connectivity index (χ4n) is 1.83. The number of carbonyl (C=O) groups is 1. The molecule has 1 aromatic heterocycles. The van der Waals surface area contributed by atoms with E-state index in [1.165, 1.54) is 25.6 Å². The first-order chi connectivity index (χ1) is 8.56. The lowest BCUT2D eigenvalue weighted by Crippen LogP contribution is -2.36. The van der Waals surface area contributed by atoms with Crippen molar-refractivity contribution in [2.45, 2.75) is 59.4 Å². The van der Waals surface area contributed by atoms with Crippen LogP contribution in [0.5, 0.6) is 0 Å². The molecule has 0 saturated carbocycles. The number of hydrogen-bond acceptors (Lipinski definition) is 3. The largest absolute Gasteiger partial charge is 0.348 e. The molecule has 0 saturated heterocycles. The van der Waals surface area contributed by atoms with Gasteiger partial charge in [0.2, 0.25) is 5.91 Å². The summed E-state index contributed by atoms with van der Waals surface area (Å²) >= 11 is 0. The zero-order chi connectivity index (χ0) is 13.4. The number of aromatic nitrogens is 3. The third-order valence-electron chi connectivity index (χ3n) is 3.15. The van der Waals surface area contributed by atoms with Crippen molar-refractivity contribution in [1.82, 2.24) is 20.5 Å². The average molecular weight is 252 g/mol. The maximum atomic E-state index is 12.1. The highest BCUT2D eigenvalue weighted by molar-refractivity contribution is 5.81. The average Bonchev–Trinajstić information content (AvgIpc) is 2.84. The molecule has 2 N–H and O–H groups in total. The first kappa shape index (κ1) is 14.7. The van der Waals surface area contributed by atoms with Gasteiger partial charge in [0.25, 0.3) is 0 Å². The molecule has 0 aliphatic carbocycles. The minimum Gasteiger partial charge on any atom is -0.348 e. The Morgan fingerprint density at radius 1 is 1.39 bits per heavy atom. The van der Waals surface area contributed by atoms with Crippen molar-refractivity contribution in [2.24, 2.45) is 5.41 Å². The van der Waals surface area contributed by atoms with Crippen molar-refractivity contribution >= 4 is 5.91 Å². The molecule has 0 radical (unpaired) electrons. The lowest BCUT2D eigenvalue weighted by atomic mass is 9.86. The number of H-pyrrole nitrogens is 1. The van der Waals surface area contributed by atoms with Crippen LogP contribution in [0.2, 0.25) is 0 Å². The summed E-state index contributed by atoms with van der Waals surface area (Å²) < 4.78 is 0. The Morgan fingerprint density at radius 3 is 2.78 bits per heavy atom. The number of hydrogen-bond donors (Lipinski definition) is 2. The summed E-state index contributed by atoms with van der Waals surface area (Å²) in [6, 6.07) is 0. The first-order valence-corrected chi connectivity index (χ1v) is 6.69. The fourth-order valence-corrected chi connectivity index (χ4v) is 1.83. The molecule has 0 aliphatic heterocycles. The predicted molar refractivity (Wildman–Crippen MR) is 70.8 cm³/mol. The van der Waals surface area contributed by atoms with E-state index < -0.39 is 0 Å². The van der Waals surface area contributed by atoms with Gasteiger partial charge >= 0.3 is 0 Å². The topological polar surface area (TPSA) is 70.7 Å². The molecule has 1 amide bonds. The number of nitrogens with zero attached hydrogens (tertiary/aromatic N) is 2. The number of amides is 1. The van der Waals surface area contributed by atoms with Crippen LogP contribution in [0.15, 0.2) is 6.33 Å². The van der Waals surface area contributed by atoms with Crippen LogP contribution in [-0.2, 0) is 11.3 Å². The number of carbonyl (C=O) groups excluding carboxylic acids is 1. The van der Waals surface area contributed by atoms with Gasteiger partial charge in [0.15, 0.2) is 0 Å². The molecule has 0 atom stereocenters. The van der Waals surface area contributed by atoms with Gasteiger partial charge in [-0.1, -0.05) is 46.5 Å². The molecule has 1 aromatic rings. The molecule has 0 aliphatic rings. The van der Waals surface area contributed by atoms with Crippen LogP contribution in [-0.4, -0.2) is 21.1 Å². The van der Waals surface area contributed by atoms with E-state index in [1.807, 2.05) is 13.8 Å². The van der Waals surface area contributed by atoms with E-state index >= 15 is 0 Å². The Labute approximate surface area is 109 Å². The third-order valence-corrected chi connectivity index (χ3v) is 3.15. The standard InChI is InChI=1S/C13H24N4O/c1-4-5-6-7-8-13(2,3)12(18)14-9-11-15-10-16-17-11/h10H,4-9H2,1-3H3,(H,14,18)(H,15,16,17). The van der Waals surface area contributed by atoms with E-state index in [0.29, 0.717) is 12.4 Å². The van der Waals surface area contributed by atoms with Gasteiger partial charge < -0.3 is 10.3 Å². The van der Waals surface area contributed by atoms with Gasteiger partial charge in [-0.15, -0.1) is 10.2 Å². The van der Waals surface area contributed by atoms with Crippen molar-refractivity contribution in [1.29, 1.82) is 0 Å². The highest BCUT2D eigenvalue weighted by Gasteiger charge is 2.26. The molecule has 0 aromatic carbocycles. The summed E-state index contributed by atoms with van der Waals surface area (Å²) in [5.41, 5.74) is -0.312. The Kier molecular flexibility index (Phi) is 5.82. The zero-order valence-electron chi connectivity index (χ0n) is 11.6. The normalized spacial score (nSPS) is 11.5. The third kappa shape index (κ3) is 4.85. The lowest BCUT2D eigenvalue weighted by Gasteiger charge is -2.23. The van der Waals surface area contributed by atoms with Gasteiger partial charge in [0.05, 0.1) is 6.54 Å². The van der Waals surface area contributed by atoms with Crippen LogP contribution in [0.3, 0.4) is 0 Å². The monoisotopic (exact) mass is 252 g/mol. The Hall–Kier alpha value is -1.39. The second kappa shape index (κ2) is 7.13. The maximum Gasteiger partial charge on any atom is 0.226 e. The fraction of sp³-hybridized carbons (Fsp3) is 0.769. The van der Waals surface area contributed by atoms with Gasteiger partial charge in [-0.3, -0.25) is 4.79 Å². The summed E-state index contributed by atoms with van der Waals surface area (Å²) in [5, 5.41) is 10.4. The highest BCUT2D eigenvalue weighted by atomic mass is 16.2. The summed E-state index contributed by atoms with van der Waals surface area (Å²) in [6.07, 6.45) is 7.21. The summed E-state index contributed by atoms with van der Waals surface area (Å²) in [5.74, 6) is 0.764. The smallest absolute Gasteiger partial charge is 0.226 e. The number of nitrogens with one attached hydrogen (secondary N) is 2. The number of aromatic amines is 1. The van der Waals surface area contributed by atoms with Gasteiger partial charge in [-0.2, -0.15) is 0 Å². The van der Waals surface area contributed by atoms with Crippen molar-refractivity contribution in [3.8, 4) is 0 Å². The van der Waals surface area contributed by atoms with E-state index in [2.05, 4.69) is 27.4 Å². The Balaban J connectivity index is 2.29. The van der Waals surface area contributed by atoms with E-state index in [9.17, 15) is 4.79 Å². The second-order valence-electron chi connectivity index (χ2n) is 5.31. The van der Waals surface area contributed by atoms with Crippen LogP contribution >= 0.6 is 0 Å². The van der Waals surface area contributed by atoms with Gasteiger partial charge in [0, 0.05) is 5.41 Å². The zero-order valence-corrected chi connectivity index (χ0v) is 11.6. The molecule has 1 heterocycles. The minimum absolute atomic E-state index is 0.0791. The van der Waals surface area contributed by atoms with Crippen molar-refractivity contribution in [3.05, 3.63) is 12.2 Å². The van der Waals surface area contributed by atoms with E-state index in [1.54, 1.807) is 0 Å². The van der Waals surface area contributed by atoms with Crippen LogP contribution in [0, 0.1) is 5.41 Å². The maximum absolute atomic E-state index is 12.1. The quantitative estimate of drug-likeness (QED) is 0.698. The molecule has 0 spiro atoms. The number of unbranched alkanes of at least 4 members (excludes halogenated alkanes) is 3. The summed E-state index contributed by atoms with van der Waals surface area (Å²) in [6.45, 7) is 6.59. The molecule has 0 unspecified atom stereocenters. The Morgan fingerprint density at radius 2 is 2.17 bits per heavy atom. The number of rotatable bonds is 8. The minimum atomic E-state index is -0.312. The molecule has 0 bridgehead atoms. The van der Waals surface area contributed by atoms with Gasteiger partial charge in [0.1, 0.15) is 12.2 Å². The molecule has 102 valence electrons. The lowest BCUT2D eigenvalue weighted by molar-refractivity contribution is -0.129. The highest BCUT2D eigenvalue weighted by Crippen LogP contribution is 2.24. The van der Waals surface area contributed by atoms with E-state index in [0.717, 1.165) is 12.8 Å². The van der Waals surface area contributed by atoms with E-state index in [-0.39, 0.29) is 11.3 Å². The summed E-state index contributed by atoms with van der Waals surface area (Å²) in [7, 11) is 0. The molecule has 0 fully saturated rings. The second-order valence-corrected chi connectivity index (χ2v) is 5.31. The molecule has 5 nitrogen and oxygen atoms in total. The van der Waals surface area contributed by atoms with Crippen molar-refractivity contribution < 1.29 is 4.79 Å². The molecule has 5 heteroatoms. The first-order valence-electron chi connectivity index (χ1n) is 6.69. The Bertz CT molecular complexity index is 346. The van der Waals surface area contributed by atoms with Crippen LogP contribution < -0.4 is 5.32 Å². The van der Waals surface area contributed by atoms with Gasteiger partial charge in [-0.25, -0.2) is 0 Å². The molecular formula is C13H24N4O. The van der Waals surface area contributed by atoms with E-state index in [4.69, 9.17) is 0 Å². The van der Waals surface area contributed by atoms with Crippen molar-refractivity contribution in [3.63, 3.8) is 0 Å². The van der Waals surface area contributed by atoms with Gasteiger partial charge in [-0.05, 0) is 6.42 Å². The van der Waals surface area contributed by atoms with Crippen LogP contribution in [0.1, 0.15) is 58.7 Å². The SMILES string of the molecule is CCCCCCC(C)(C)C(=O)NCc1nnc[nH]1. The van der Waals surface area contributed by atoms with Crippen LogP contribution in [0.4, 0.5) is 0 Å². The van der Waals surface area contributed by atoms with Crippen LogP contribution in [0.25, 0.3) is 0 Å². The summed E-state index contributed by atoms with van der Waals surface area (Å²) in [4.78, 5) is 14.9. The van der Waals surface area contributed by atoms with Crippen molar-refractivity contribution in [2.75, 3.05) is 0 Å². The molecule has 1 rings (SSSR count). The molecule has 18 heavy (non-hydrogen) atoms.